The summed E-state index contributed by atoms with van der Waals surface area (Å²) in [5, 5.41) is 5.37. The molecule has 2 N–H and O–H groups in total. The highest BCUT2D eigenvalue weighted by molar-refractivity contribution is 6.03. The van der Waals surface area contributed by atoms with Crippen LogP contribution in [0.1, 0.15) is 16.1 Å². The molecule has 6 heteroatoms. The SMILES string of the molecule is O=C(/C=C/c1cccc(F)c1)Nc1ccc(NC(=O)c2ccco2)cc1. The van der Waals surface area contributed by atoms with Crippen molar-refractivity contribution in [3.8, 4) is 0 Å². The van der Waals surface area contributed by atoms with Crippen LogP contribution in [0, 0.1) is 5.82 Å². The quantitative estimate of drug-likeness (QED) is 0.673. The van der Waals surface area contributed by atoms with Gasteiger partial charge in [-0.15, -0.1) is 0 Å². The predicted molar refractivity (Wildman–Crippen MR) is 97.2 cm³/mol. The number of rotatable bonds is 5. The zero-order valence-electron chi connectivity index (χ0n) is 13.6. The highest BCUT2D eigenvalue weighted by Gasteiger charge is 2.08. The van der Waals surface area contributed by atoms with Crippen molar-refractivity contribution >= 4 is 29.3 Å². The van der Waals surface area contributed by atoms with Crippen LogP contribution in [0.4, 0.5) is 15.8 Å². The van der Waals surface area contributed by atoms with E-state index < -0.39 is 0 Å². The van der Waals surface area contributed by atoms with Crippen LogP contribution in [-0.2, 0) is 4.79 Å². The second-order valence-electron chi connectivity index (χ2n) is 5.39. The maximum Gasteiger partial charge on any atom is 0.291 e. The van der Waals surface area contributed by atoms with E-state index in [1.165, 1.54) is 30.5 Å². The predicted octanol–water partition coefficient (Wildman–Crippen LogP) is 4.32. The summed E-state index contributed by atoms with van der Waals surface area (Å²) in [7, 11) is 0. The van der Waals surface area contributed by atoms with Gasteiger partial charge in [0.1, 0.15) is 5.82 Å². The van der Waals surface area contributed by atoms with Gasteiger partial charge in [0.25, 0.3) is 5.91 Å². The molecule has 2 aromatic carbocycles. The third kappa shape index (κ3) is 4.67. The average molecular weight is 350 g/mol. The second-order valence-corrected chi connectivity index (χ2v) is 5.39. The number of nitrogens with one attached hydrogen (secondary N) is 2. The molecule has 0 bridgehead atoms. The van der Waals surface area contributed by atoms with E-state index in [4.69, 9.17) is 4.42 Å². The van der Waals surface area contributed by atoms with E-state index in [0.717, 1.165) is 0 Å². The second kappa shape index (κ2) is 7.94. The van der Waals surface area contributed by atoms with Crippen LogP contribution in [0.2, 0.25) is 0 Å². The minimum Gasteiger partial charge on any atom is -0.459 e. The molecule has 0 radical (unpaired) electrons. The van der Waals surface area contributed by atoms with Gasteiger partial charge in [-0.3, -0.25) is 9.59 Å². The molecule has 1 heterocycles. The Morgan fingerprint density at radius 1 is 0.923 bits per heavy atom. The normalized spacial score (nSPS) is 10.7. The van der Waals surface area contributed by atoms with Crippen molar-refractivity contribution in [2.45, 2.75) is 0 Å². The Balaban J connectivity index is 1.57. The van der Waals surface area contributed by atoms with E-state index in [-0.39, 0.29) is 23.4 Å². The lowest BCUT2D eigenvalue weighted by molar-refractivity contribution is -0.111. The lowest BCUT2D eigenvalue weighted by Crippen LogP contribution is -2.11. The van der Waals surface area contributed by atoms with Crippen LogP contribution < -0.4 is 10.6 Å². The van der Waals surface area contributed by atoms with E-state index in [2.05, 4.69) is 10.6 Å². The smallest absolute Gasteiger partial charge is 0.291 e. The summed E-state index contributed by atoms with van der Waals surface area (Å²) in [4.78, 5) is 23.8. The van der Waals surface area contributed by atoms with E-state index in [9.17, 15) is 14.0 Å². The number of carbonyl (C=O) groups excluding carboxylic acids is 2. The van der Waals surface area contributed by atoms with Crippen LogP contribution in [0.25, 0.3) is 6.08 Å². The van der Waals surface area contributed by atoms with E-state index in [0.29, 0.717) is 16.9 Å². The van der Waals surface area contributed by atoms with Crippen molar-refractivity contribution < 1.29 is 18.4 Å². The number of carbonyl (C=O) groups is 2. The maximum atomic E-state index is 13.1. The van der Waals surface area contributed by atoms with E-state index in [1.54, 1.807) is 48.5 Å². The minimum atomic E-state index is -0.361. The Morgan fingerprint density at radius 3 is 2.31 bits per heavy atom. The van der Waals surface area contributed by atoms with Gasteiger partial charge < -0.3 is 15.1 Å². The Hall–Kier alpha value is -3.67. The molecule has 0 atom stereocenters. The molecule has 0 aliphatic carbocycles. The van der Waals surface area contributed by atoms with Crippen LogP contribution >= 0.6 is 0 Å². The number of amides is 2. The number of anilines is 2. The first-order chi connectivity index (χ1) is 12.6. The molecule has 5 nitrogen and oxygen atoms in total. The molecular formula is C20H15FN2O3. The summed E-state index contributed by atoms with van der Waals surface area (Å²) in [6.07, 6.45) is 4.27. The molecule has 0 unspecified atom stereocenters. The topological polar surface area (TPSA) is 71.3 Å². The van der Waals surface area contributed by atoms with Crippen molar-refractivity contribution in [1.29, 1.82) is 0 Å². The molecule has 0 saturated heterocycles. The largest absolute Gasteiger partial charge is 0.459 e. The molecular weight excluding hydrogens is 335 g/mol. The first-order valence-corrected chi connectivity index (χ1v) is 7.80. The van der Waals surface area contributed by atoms with Crippen molar-refractivity contribution in [3.63, 3.8) is 0 Å². The molecule has 130 valence electrons. The molecule has 0 fully saturated rings. The fourth-order valence-electron chi connectivity index (χ4n) is 2.20. The Morgan fingerprint density at radius 2 is 1.65 bits per heavy atom. The molecule has 0 saturated carbocycles. The zero-order valence-corrected chi connectivity index (χ0v) is 13.6. The Bertz CT molecular complexity index is 932. The van der Waals surface area contributed by atoms with Gasteiger partial charge in [0, 0.05) is 17.5 Å². The van der Waals surface area contributed by atoms with E-state index in [1.807, 2.05) is 0 Å². The zero-order chi connectivity index (χ0) is 18.4. The molecule has 2 amide bonds. The molecule has 1 aromatic heterocycles. The molecule has 3 rings (SSSR count). The monoisotopic (exact) mass is 350 g/mol. The van der Waals surface area contributed by atoms with Gasteiger partial charge in [0.2, 0.25) is 5.91 Å². The van der Waals surface area contributed by atoms with Gasteiger partial charge in [-0.1, -0.05) is 12.1 Å². The van der Waals surface area contributed by atoms with Crippen molar-refractivity contribution in [2.24, 2.45) is 0 Å². The number of furan rings is 1. The maximum absolute atomic E-state index is 13.1. The standard InChI is InChI=1S/C20H15FN2O3/c21-15-4-1-3-14(13-15)6-11-19(24)22-16-7-9-17(10-8-16)23-20(25)18-5-2-12-26-18/h1-13H,(H,22,24)(H,23,25)/b11-6+. The Kier molecular flexibility index (Phi) is 5.24. The summed E-state index contributed by atoms with van der Waals surface area (Å²) < 4.78 is 18.1. The first-order valence-electron chi connectivity index (χ1n) is 7.80. The average Bonchev–Trinajstić information content (AvgIpc) is 3.17. The molecule has 0 spiro atoms. The van der Waals surface area contributed by atoms with Crippen LogP contribution in [0.5, 0.6) is 0 Å². The van der Waals surface area contributed by atoms with Crippen molar-refractivity contribution in [1.82, 2.24) is 0 Å². The number of hydrogen-bond donors (Lipinski definition) is 2. The highest BCUT2D eigenvalue weighted by atomic mass is 19.1. The molecule has 3 aromatic rings. The lowest BCUT2D eigenvalue weighted by atomic mass is 10.2. The molecule has 0 aliphatic rings. The number of benzene rings is 2. The fourth-order valence-corrected chi connectivity index (χ4v) is 2.20. The van der Waals surface area contributed by atoms with Gasteiger partial charge in [0.15, 0.2) is 5.76 Å². The summed E-state index contributed by atoms with van der Waals surface area (Å²) in [6.45, 7) is 0. The van der Waals surface area contributed by atoms with Gasteiger partial charge in [-0.2, -0.15) is 0 Å². The molecule has 0 aliphatic heterocycles. The van der Waals surface area contributed by atoms with Gasteiger partial charge in [-0.05, 0) is 60.2 Å². The van der Waals surface area contributed by atoms with Gasteiger partial charge >= 0.3 is 0 Å². The third-order valence-corrected chi connectivity index (χ3v) is 3.43. The fraction of sp³-hybridized carbons (Fsp3) is 0. The lowest BCUT2D eigenvalue weighted by Gasteiger charge is -2.06. The number of halogens is 1. The highest BCUT2D eigenvalue weighted by Crippen LogP contribution is 2.15. The summed E-state index contributed by atoms with van der Waals surface area (Å²) in [6, 6.07) is 15.8. The van der Waals surface area contributed by atoms with Gasteiger partial charge in [-0.25, -0.2) is 4.39 Å². The van der Waals surface area contributed by atoms with Gasteiger partial charge in [0.05, 0.1) is 6.26 Å². The van der Waals surface area contributed by atoms with Crippen molar-refractivity contribution in [3.05, 3.63) is 90.1 Å². The van der Waals surface area contributed by atoms with Crippen LogP contribution in [0.3, 0.4) is 0 Å². The molecule has 26 heavy (non-hydrogen) atoms. The minimum absolute atomic E-state index is 0.213. The summed E-state index contributed by atoms with van der Waals surface area (Å²) in [5.74, 6) is -0.851. The van der Waals surface area contributed by atoms with Crippen molar-refractivity contribution in [2.75, 3.05) is 10.6 Å². The summed E-state index contributed by atoms with van der Waals surface area (Å²) in [5.41, 5.74) is 1.73. The van der Waals surface area contributed by atoms with Crippen LogP contribution in [-0.4, -0.2) is 11.8 Å². The third-order valence-electron chi connectivity index (χ3n) is 3.43. The first kappa shape index (κ1) is 17.2. The Labute approximate surface area is 149 Å². The number of hydrogen-bond acceptors (Lipinski definition) is 3. The van der Waals surface area contributed by atoms with E-state index >= 15 is 0 Å². The summed E-state index contributed by atoms with van der Waals surface area (Å²) >= 11 is 0. The van der Waals surface area contributed by atoms with Crippen LogP contribution in [0.15, 0.2) is 77.4 Å².